The lowest BCUT2D eigenvalue weighted by Crippen LogP contribution is -1.89. The number of rotatable bonds is 8. The standard InChI is InChI=1S/C30H20N2O6/c33-31(34)25-8-16-29(17-9-25)37-27-12-4-21(5-13-27)23-2-1-3-24(20-23)22-6-14-28(15-7-22)38-30-18-10-26(11-19-30)32(35)36/h1-20H. The van der Waals surface area contributed by atoms with E-state index in [0.717, 1.165) is 22.3 Å². The number of hydrogen-bond donors (Lipinski definition) is 0. The van der Waals surface area contributed by atoms with Gasteiger partial charge in [0.25, 0.3) is 11.4 Å². The minimum atomic E-state index is -0.448. The van der Waals surface area contributed by atoms with Crippen LogP contribution in [0.4, 0.5) is 11.4 Å². The third-order valence-electron chi connectivity index (χ3n) is 5.80. The number of nitro groups is 2. The normalized spacial score (nSPS) is 10.5. The highest BCUT2D eigenvalue weighted by Gasteiger charge is 2.08. The van der Waals surface area contributed by atoms with Gasteiger partial charge in [0.05, 0.1) is 9.85 Å². The Morgan fingerprint density at radius 3 is 1.05 bits per heavy atom. The molecule has 5 aromatic carbocycles. The molecule has 0 heterocycles. The molecule has 0 unspecified atom stereocenters. The van der Waals surface area contributed by atoms with Gasteiger partial charge in [0.2, 0.25) is 0 Å². The number of nitrogens with zero attached hydrogens (tertiary/aromatic N) is 2. The second-order valence-corrected chi connectivity index (χ2v) is 8.34. The quantitative estimate of drug-likeness (QED) is 0.155. The van der Waals surface area contributed by atoms with E-state index in [0.29, 0.717) is 23.0 Å². The van der Waals surface area contributed by atoms with Gasteiger partial charge in [-0.05, 0) is 76.9 Å². The number of benzene rings is 5. The Kier molecular flexibility index (Phi) is 6.77. The van der Waals surface area contributed by atoms with Crippen LogP contribution in [0.25, 0.3) is 22.3 Å². The Bertz CT molecular complexity index is 1460. The molecule has 0 aliphatic carbocycles. The van der Waals surface area contributed by atoms with Crippen LogP contribution in [-0.2, 0) is 0 Å². The summed E-state index contributed by atoms with van der Waals surface area (Å²) in [5.41, 5.74) is 4.13. The molecular weight excluding hydrogens is 484 g/mol. The SMILES string of the molecule is O=[N+]([O-])c1ccc(Oc2ccc(-c3cccc(-c4ccc(Oc5ccc([N+](=O)[O-])cc5)cc4)c3)cc2)cc1. The summed E-state index contributed by atoms with van der Waals surface area (Å²) in [4.78, 5) is 20.7. The molecule has 38 heavy (non-hydrogen) atoms. The molecule has 0 atom stereocenters. The number of hydrogen-bond acceptors (Lipinski definition) is 6. The van der Waals surface area contributed by atoms with Crippen molar-refractivity contribution in [2.24, 2.45) is 0 Å². The Labute approximate surface area is 217 Å². The van der Waals surface area contributed by atoms with Gasteiger partial charge in [-0.2, -0.15) is 0 Å². The summed E-state index contributed by atoms with van der Waals surface area (Å²) in [6.45, 7) is 0. The van der Waals surface area contributed by atoms with E-state index in [4.69, 9.17) is 9.47 Å². The largest absolute Gasteiger partial charge is 0.457 e. The van der Waals surface area contributed by atoms with Crippen molar-refractivity contribution in [1.82, 2.24) is 0 Å². The minimum absolute atomic E-state index is 0.0132. The molecule has 8 heteroatoms. The van der Waals surface area contributed by atoms with Gasteiger partial charge in [-0.15, -0.1) is 0 Å². The van der Waals surface area contributed by atoms with Crippen molar-refractivity contribution in [3.05, 3.63) is 142 Å². The molecule has 0 aliphatic rings. The molecule has 0 aliphatic heterocycles. The van der Waals surface area contributed by atoms with Crippen LogP contribution >= 0.6 is 0 Å². The maximum atomic E-state index is 10.8. The average Bonchev–Trinajstić information content (AvgIpc) is 2.94. The lowest BCUT2D eigenvalue weighted by molar-refractivity contribution is -0.385. The first-order valence-electron chi connectivity index (χ1n) is 11.6. The van der Waals surface area contributed by atoms with Crippen molar-refractivity contribution in [3.63, 3.8) is 0 Å². The van der Waals surface area contributed by atoms with Crippen molar-refractivity contribution in [3.8, 4) is 45.3 Å². The van der Waals surface area contributed by atoms with Crippen LogP contribution in [0.2, 0.25) is 0 Å². The van der Waals surface area contributed by atoms with Crippen LogP contribution in [0, 0.1) is 20.2 Å². The van der Waals surface area contributed by atoms with Crippen LogP contribution in [0.15, 0.2) is 121 Å². The second kappa shape index (κ2) is 10.6. The molecule has 8 nitrogen and oxygen atoms in total. The summed E-state index contributed by atoms with van der Waals surface area (Å²) in [6, 6.07) is 35.3. The van der Waals surface area contributed by atoms with E-state index in [9.17, 15) is 20.2 Å². The second-order valence-electron chi connectivity index (χ2n) is 8.34. The third kappa shape index (κ3) is 5.66. The molecule has 0 saturated heterocycles. The summed E-state index contributed by atoms with van der Waals surface area (Å²) in [5, 5.41) is 21.6. The van der Waals surface area contributed by atoms with E-state index in [1.54, 1.807) is 24.3 Å². The maximum absolute atomic E-state index is 10.8. The monoisotopic (exact) mass is 504 g/mol. The molecule has 0 amide bonds. The van der Waals surface area contributed by atoms with Gasteiger partial charge in [-0.25, -0.2) is 0 Å². The van der Waals surface area contributed by atoms with E-state index in [1.807, 2.05) is 66.7 Å². The highest BCUT2D eigenvalue weighted by Crippen LogP contribution is 2.31. The van der Waals surface area contributed by atoms with Gasteiger partial charge in [0.15, 0.2) is 0 Å². The molecule has 0 aromatic heterocycles. The highest BCUT2D eigenvalue weighted by molar-refractivity contribution is 5.73. The molecule has 0 radical (unpaired) electrons. The van der Waals surface area contributed by atoms with Crippen molar-refractivity contribution in [1.29, 1.82) is 0 Å². The first kappa shape index (κ1) is 24.2. The van der Waals surface area contributed by atoms with Crippen LogP contribution in [0.5, 0.6) is 23.0 Å². The first-order valence-corrected chi connectivity index (χ1v) is 11.6. The van der Waals surface area contributed by atoms with Crippen molar-refractivity contribution in [2.75, 3.05) is 0 Å². The fraction of sp³-hybridized carbons (Fsp3) is 0. The van der Waals surface area contributed by atoms with Gasteiger partial charge >= 0.3 is 0 Å². The zero-order valence-electron chi connectivity index (χ0n) is 19.9. The van der Waals surface area contributed by atoms with Crippen molar-refractivity contribution < 1.29 is 19.3 Å². The Morgan fingerprint density at radius 1 is 0.421 bits per heavy atom. The summed E-state index contributed by atoms with van der Waals surface area (Å²) < 4.78 is 11.6. The topological polar surface area (TPSA) is 105 Å². The lowest BCUT2D eigenvalue weighted by atomic mass is 9.99. The van der Waals surface area contributed by atoms with Gasteiger partial charge < -0.3 is 9.47 Å². The van der Waals surface area contributed by atoms with Gasteiger partial charge in [0, 0.05) is 24.3 Å². The van der Waals surface area contributed by atoms with E-state index >= 15 is 0 Å². The van der Waals surface area contributed by atoms with E-state index in [-0.39, 0.29) is 11.4 Å². The Balaban J connectivity index is 1.26. The summed E-state index contributed by atoms with van der Waals surface area (Å²) in [7, 11) is 0. The van der Waals surface area contributed by atoms with Crippen LogP contribution in [0.1, 0.15) is 0 Å². The molecule has 0 saturated carbocycles. The smallest absolute Gasteiger partial charge is 0.269 e. The fourth-order valence-corrected chi connectivity index (χ4v) is 3.85. The zero-order valence-corrected chi connectivity index (χ0v) is 19.9. The van der Waals surface area contributed by atoms with Crippen molar-refractivity contribution in [2.45, 2.75) is 0 Å². The summed E-state index contributed by atoms with van der Waals surface area (Å²) >= 11 is 0. The van der Waals surface area contributed by atoms with Crippen LogP contribution in [-0.4, -0.2) is 9.85 Å². The minimum Gasteiger partial charge on any atom is -0.457 e. The third-order valence-corrected chi connectivity index (χ3v) is 5.80. The molecule has 5 rings (SSSR count). The predicted molar refractivity (Wildman–Crippen MR) is 144 cm³/mol. The summed E-state index contributed by atoms with van der Waals surface area (Å²) in [5.74, 6) is 2.29. The molecule has 0 fully saturated rings. The first-order chi connectivity index (χ1) is 18.4. The lowest BCUT2D eigenvalue weighted by Gasteiger charge is -2.10. The van der Waals surface area contributed by atoms with Gasteiger partial charge in [0.1, 0.15) is 23.0 Å². The number of ether oxygens (including phenoxy) is 2. The average molecular weight is 504 g/mol. The van der Waals surface area contributed by atoms with Gasteiger partial charge in [-0.1, -0.05) is 42.5 Å². The molecule has 0 N–H and O–H groups in total. The molecule has 0 spiro atoms. The predicted octanol–water partition coefficient (Wildman–Crippen LogP) is 8.42. The highest BCUT2D eigenvalue weighted by atomic mass is 16.6. The molecular formula is C30H20N2O6. The Morgan fingerprint density at radius 2 is 0.737 bits per heavy atom. The van der Waals surface area contributed by atoms with Crippen molar-refractivity contribution >= 4 is 11.4 Å². The maximum Gasteiger partial charge on any atom is 0.269 e. The number of non-ortho nitro benzene ring substituents is 2. The molecule has 5 aromatic rings. The Hall–Kier alpha value is -5.50. The van der Waals surface area contributed by atoms with Crippen LogP contribution in [0.3, 0.4) is 0 Å². The zero-order chi connectivity index (χ0) is 26.5. The fourth-order valence-electron chi connectivity index (χ4n) is 3.85. The van der Waals surface area contributed by atoms with E-state index in [2.05, 4.69) is 6.07 Å². The molecule has 186 valence electrons. The van der Waals surface area contributed by atoms with E-state index in [1.165, 1.54) is 24.3 Å². The molecule has 0 bridgehead atoms. The number of nitro benzene ring substituents is 2. The van der Waals surface area contributed by atoms with Gasteiger partial charge in [-0.3, -0.25) is 20.2 Å². The van der Waals surface area contributed by atoms with E-state index < -0.39 is 9.85 Å². The summed E-state index contributed by atoms with van der Waals surface area (Å²) in [6.07, 6.45) is 0. The van der Waals surface area contributed by atoms with Crippen LogP contribution < -0.4 is 9.47 Å².